The van der Waals surface area contributed by atoms with Crippen molar-refractivity contribution in [3.8, 4) is 5.75 Å². The smallest absolute Gasteiger partial charge is 0.120 e. The molecule has 1 aliphatic carbocycles. The number of benzene rings is 1. The summed E-state index contributed by atoms with van der Waals surface area (Å²) >= 11 is 3.40. The first-order valence-corrected chi connectivity index (χ1v) is 8.22. The molecule has 0 spiro atoms. The molecule has 0 amide bonds. The molecule has 112 valence electrons. The lowest BCUT2D eigenvalue weighted by atomic mass is 9.78. The van der Waals surface area contributed by atoms with E-state index in [2.05, 4.69) is 28.2 Å². The van der Waals surface area contributed by atoms with Crippen molar-refractivity contribution in [3.05, 3.63) is 28.2 Å². The molecule has 0 saturated heterocycles. The van der Waals surface area contributed by atoms with Crippen LogP contribution in [-0.4, -0.2) is 22.4 Å². The Morgan fingerprint density at radius 1 is 1.35 bits per heavy atom. The number of phenolic OH excluding ortho intramolecular Hbond substituents is 1. The van der Waals surface area contributed by atoms with Gasteiger partial charge in [-0.25, -0.2) is 0 Å². The van der Waals surface area contributed by atoms with Crippen molar-refractivity contribution in [2.75, 3.05) is 6.54 Å². The maximum atomic E-state index is 10.6. The van der Waals surface area contributed by atoms with Crippen LogP contribution in [0.15, 0.2) is 22.7 Å². The Labute approximate surface area is 129 Å². The number of phenols is 1. The highest BCUT2D eigenvalue weighted by Crippen LogP contribution is 2.33. The predicted octanol–water partition coefficient (Wildman–Crippen LogP) is 3.58. The molecule has 1 fully saturated rings. The summed E-state index contributed by atoms with van der Waals surface area (Å²) < 4.78 is 0.953. The van der Waals surface area contributed by atoms with E-state index < -0.39 is 5.60 Å². The Balaban J connectivity index is 1.82. The predicted molar refractivity (Wildman–Crippen MR) is 84.7 cm³/mol. The summed E-state index contributed by atoms with van der Waals surface area (Å²) in [5.41, 5.74) is 0.276. The van der Waals surface area contributed by atoms with E-state index in [0.717, 1.165) is 41.6 Å². The molecule has 1 aliphatic rings. The fourth-order valence-corrected chi connectivity index (χ4v) is 3.33. The van der Waals surface area contributed by atoms with Gasteiger partial charge in [0.05, 0.1) is 5.60 Å². The minimum Gasteiger partial charge on any atom is -0.508 e. The third kappa shape index (κ3) is 4.21. The largest absolute Gasteiger partial charge is 0.508 e. The van der Waals surface area contributed by atoms with Crippen molar-refractivity contribution in [1.82, 2.24) is 5.32 Å². The fourth-order valence-electron chi connectivity index (χ4n) is 2.93. The maximum Gasteiger partial charge on any atom is 0.120 e. The van der Waals surface area contributed by atoms with Crippen molar-refractivity contribution >= 4 is 15.9 Å². The van der Waals surface area contributed by atoms with Crippen LogP contribution in [-0.2, 0) is 6.54 Å². The van der Waals surface area contributed by atoms with Gasteiger partial charge in [0.2, 0.25) is 0 Å². The summed E-state index contributed by atoms with van der Waals surface area (Å²) in [6.07, 6.45) is 5.22. The van der Waals surface area contributed by atoms with E-state index in [-0.39, 0.29) is 0 Å². The van der Waals surface area contributed by atoms with E-state index in [1.165, 1.54) is 6.42 Å². The lowest BCUT2D eigenvalue weighted by molar-refractivity contribution is -0.00884. The van der Waals surface area contributed by atoms with Gasteiger partial charge in [-0.1, -0.05) is 29.3 Å². The average Bonchev–Trinajstić information content (AvgIpc) is 2.43. The first kappa shape index (κ1) is 15.8. The maximum absolute atomic E-state index is 10.6. The fraction of sp³-hybridized carbons (Fsp3) is 0.625. The Hall–Kier alpha value is -0.580. The summed E-state index contributed by atoms with van der Waals surface area (Å²) in [5, 5.41) is 23.6. The molecule has 20 heavy (non-hydrogen) atoms. The first-order chi connectivity index (χ1) is 9.52. The molecule has 0 unspecified atom stereocenters. The van der Waals surface area contributed by atoms with Gasteiger partial charge in [-0.2, -0.15) is 0 Å². The van der Waals surface area contributed by atoms with Gasteiger partial charge in [-0.05, 0) is 49.8 Å². The quantitative estimate of drug-likeness (QED) is 0.767. The number of hydrogen-bond acceptors (Lipinski definition) is 3. The van der Waals surface area contributed by atoms with Crippen LogP contribution in [0.2, 0.25) is 0 Å². The number of nitrogens with one attached hydrogen (secondary N) is 1. The molecule has 3 nitrogen and oxygen atoms in total. The van der Waals surface area contributed by atoms with Gasteiger partial charge in [-0.3, -0.25) is 0 Å². The van der Waals surface area contributed by atoms with E-state index in [9.17, 15) is 10.2 Å². The zero-order valence-electron chi connectivity index (χ0n) is 12.0. The van der Waals surface area contributed by atoms with Crippen LogP contribution >= 0.6 is 15.9 Å². The zero-order valence-corrected chi connectivity index (χ0v) is 13.6. The van der Waals surface area contributed by atoms with Gasteiger partial charge in [0.15, 0.2) is 0 Å². The molecule has 0 bridgehead atoms. The van der Waals surface area contributed by atoms with Crippen molar-refractivity contribution in [2.24, 2.45) is 5.92 Å². The average molecular weight is 342 g/mol. The highest BCUT2D eigenvalue weighted by atomic mass is 79.9. The van der Waals surface area contributed by atoms with E-state index in [1.54, 1.807) is 6.07 Å². The molecule has 0 aliphatic heterocycles. The van der Waals surface area contributed by atoms with Gasteiger partial charge in [-0.15, -0.1) is 0 Å². The second-order valence-corrected chi connectivity index (χ2v) is 6.87. The molecular weight excluding hydrogens is 318 g/mol. The first-order valence-electron chi connectivity index (χ1n) is 7.43. The molecule has 4 heteroatoms. The minimum atomic E-state index is -0.576. The lowest BCUT2D eigenvalue weighted by Crippen LogP contribution is -2.43. The third-order valence-electron chi connectivity index (χ3n) is 4.42. The monoisotopic (exact) mass is 341 g/mol. The van der Waals surface area contributed by atoms with Gasteiger partial charge in [0.25, 0.3) is 0 Å². The Kier molecular flexibility index (Phi) is 5.47. The highest BCUT2D eigenvalue weighted by molar-refractivity contribution is 9.10. The van der Waals surface area contributed by atoms with Crippen LogP contribution in [0, 0.1) is 5.92 Å². The van der Waals surface area contributed by atoms with Gasteiger partial charge in [0.1, 0.15) is 5.75 Å². The molecule has 1 aromatic carbocycles. The van der Waals surface area contributed by atoms with Gasteiger partial charge < -0.3 is 15.5 Å². The molecule has 0 aromatic heterocycles. The second-order valence-electron chi connectivity index (χ2n) is 5.95. The van der Waals surface area contributed by atoms with Gasteiger partial charge >= 0.3 is 0 Å². The Morgan fingerprint density at radius 3 is 2.70 bits per heavy atom. The standard InChI is InChI=1S/C16H24BrNO2/c1-2-12-5-7-16(20,8-6-12)11-18-10-13-9-14(17)3-4-15(13)19/h3-4,9,12,18-20H,2,5-8,10-11H2,1H3. The molecule has 3 N–H and O–H groups in total. The lowest BCUT2D eigenvalue weighted by Gasteiger charge is -2.36. The third-order valence-corrected chi connectivity index (χ3v) is 4.92. The molecule has 1 saturated carbocycles. The van der Waals surface area contributed by atoms with Crippen molar-refractivity contribution < 1.29 is 10.2 Å². The number of halogens is 1. The van der Waals surface area contributed by atoms with E-state index in [4.69, 9.17) is 0 Å². The van der Waals surface area contributed by atoms with Crippen LogP contribution in [0.25, 0.3) is 0 Å². The summed E-state index contributed by atoms with van der Waals surface area (Å²) in [6, 6.07) is 5.40. The Morgan fingerprint density at radius 2 is 2.05 bits per heavy atom. The molecule has 0 heterocycles. The molecule has 2 rings (SSSR count). The molecule has 1 aromatic rings. The summed E-state index contributed by atoms with van der Waals surface area (Å²) in [4.78, 5) is 0. The van der Waals surface area contributed by atoms with Crippen LogP contribution in [0.1, 0.15) is 44.6 Å². The summed E-state index contributed by atoms with van der Waals surface area (Å²) in [6.45, 7) is 3.39. The van der Waals surface area contributed by atoms with Crippen molar-refractivity contribution in [3.63, 3.8) is 0 Å². The topological polar surface area (TPSA) is 52.5 Å². The Bertz CT molecular complexity index is 442. The van der Waals surface area contributed by atoms with Crippen LogP contribution < -0.4 is 5.32 Å². The van der Waals surface area contributed by atoms with Crippen LogP contribution in [0.3, 0.4) is 0 Å². The summed E-state index contributed by atoms with van der Waals surface area (Å²) in [5.74, 6) is 1.08. The summed E-state index contributed by atoms with van der Waals surface area (Å²) in [7, 11) is 0. The second kappa shape index (κ2) is 6.92. The molecule has 0 atom stereocenters. The SMILES string of the molecule is CCC1CCC(O)(CNCc2cc(Br)ccc2O)CC1. The zero-order chi connectivity index (χ0) is 14.6. The minimum absolute atomic E-state index is 0.294. The number of aromatic hydroxyl groups is 1. The number of rotatable bonds is 5. The van der Waals surface area contributed by atoms with E-state index in [0.29, 0.717) is 18.8 Å². The van der Waals surface area contributed by atoms with Gasteiger partial charge in [0, 0.05) is 23.1 Å². The molecular formula is C16H24BrNO2. The number of aliphatic hydroxyl groups is 1. The van der Waals surface area contributed by atoms with Crippen molar-refractivity contribution in [1.29, 1.82) is 0 Å². The highest BCUT2D eigenvalue weighted by Gasteiger charge is 2.32. The number of hydrogen-bond donors (Lipinski definition) is 3. The van der Waals surface area contributed by atoms with Crippen LogP contribution in [0.4, 0.5) is 0 Å². The van der Waals surface area contributed by atoms with E-state index in [1.807, 2.05) is 12.1 Å². The van der Waals surface area contributed by atoms with E-state index >= 15 is 0 Å². The van der Waals surface area contributed by atoms with Crippen molar-refractivity contribution in [2.45, 2.75) is 51.2 Å². The normalized spacial score (nSPS) is 26.6. The van der Waals surface area contributed by atoms with Crippen LogP contribution in [0.5, 0.6) is 5.75 Å². The molecule has 0 radical (unpaired) electrons.